The topological polar surface area (TPSA) is 81.7 Å². The predicted molar refractivity (Wildman–Crippen MR) is 76.3 cm³/mol. The van der Waals surface area contributed by atoms with Crippen LogP contribution in [0.5, 0.6) is 0 Å². The lowest BCUT2D eigenvalue weighted by molar-refractivity contribution is 0.573. The van der Waals surface area contributed by atoms with Crippen LogP contribution in [0.4, 0.5) is 11.6 Å². The van der Waals surface area contributed by atoms with Crippen molar-refractivity contribution in [3.8, 4) is 0 Å². The Kier molecular flexibility index (Phi) is 4.21. The molecule has 0 bridgehead atoms. The summed E-state index contributed by atoms with van der Waals surface area (Å²) < 4.78 is 1.99. The van der Waals surface area contributed by atoms with E-state index in [1.165, 1.54) is 12.0 Å². The Bertz CT molecular complexity index is 565. The van der Waals surface area contributed by atoms with Crippen LogP contribution in [0.3, 0.4) is 0 Å². The predicted octanol–water partition coefficient (Wildman–Crippen LogP) is 2.03. The Morgan fingerprint density at radius 3 is 2.84 bits per heavy atom. The Morgan fingerprint density at radius 1 is 1.37 bits per heavy atom. The van der Waals surface area contributed by atoms with Crippen LogP contribution in [0.2, 0.25) is 5.02 Å². The lowest BCUT2D eigenvalue weighted by Gasteiger charge is -2.08. The highest BCUT2D eigenvalue weighted by Gasteiger charge is 2.05. The first-order valence-corrected chi connectivity index (χ1v) is 6.46. The molecule has 2 rings (SSSR count). The Morgan fingerprint density at radius 2 is 2.16 bits per heavy atom. The Balaban J connectivity index is 1.84. The number of halogens is 1. The Hall–Kier alpha value is -1.82. The van der Waals surface area contributed by atoms with E-state index >= 15 is 0 Å². The molecule has 102 valence electrons. The van der Waals surface area contributed by atoms with E-state index < -0.39 is 0 Å². The zero-order chi connectivity index (χ0) is 13.8. The minimum atomic E-state index is 0.290. The van der Waals surface area contributed by atoms with Crippen LogP contribution >= 0.6 is 11.6 Å². The van der Waals surface area contributed by atoms with Crippen molar-refractivity contribution in [2.24, 2.45) is 0 Å². The first-order valence-electron chi connectivity index (χ1n) is 6.09. The number of hydrogen-bond acceptors (Lipinski definition) is 5. The van der Waals surface area contributed by atoms with Crippen LogP contribution < -0.4 is 11.1 Å². The van der Waals surface area contributed by atoms with E-state index in [2.05, 4.69) is 33.4 Å². The molecule has 6 nitrogen and oxygen atoms in total. The van der Waals surface area contributed by atoms with Crippen molar-refractivity contribution in [2.75, 3.05) is 17.6 Å². The molecule has 0 unspecified atom stereocenters. The third-order valence-corrected chi connectivity index (χ3v) is 3.13. The number of aryl methyl sites for hydroxylation is 3. The SMILES string of the molecule is Cc1cc(C)n(CCCNc2ncnc(N)c2Cl)n1. The normalized spacial score (nSPS) is 10.7. The zero-order valence-electron chi connectivity index (χ0n) is 11.0. The van der Waals surface area contributed by atoms with E-state index in [1.54, 1.807) is 0 Å². The number of anilines is 2. The van der Waals surface area contributed by atoms with Gasteiger partial charge in [0.15, 0.2) is 0 Å². The third-order valence-electron chi connectivity index (χ3n) is 2.76. The van der Waals surface area contributed by atoms with E-state index in [1.807, 2.05) is 11.6 Å². The van der Waals surface area contributed by atoms with Crippen molar-refractivity contribution in [3.05, 3.63) is 28.8 Å². The van der Waals surface area contributed by atoms with Crippen molar-refractivity contribution in [1.29, 1.82) is 0 Å². The van der Waals surface area contributed by atoms with Crippen LogP contribution in [-0.2, 0) is 6.54 Å². The van der Waals surface area contributed by atoms with Gasteiger partial charge in [-0.05, 0) is 26.3 Å². The van der Waals surface area contributed by atoms with Gasteiger partial charge < -0.3 is 11.1 Å². The molecule has 0 fully saturated rings. The quantitative estimate of drug-likeness (QED) is 0.819. The average Bonchev–Trinajstić information content (AvgIpc) is 2.68. The highest BCUT2D eigenvalue weighted by atomic mass is 35.5. The molecule has 0 amide bonds. The maximum absolute atomic E-state index is 5.99. The number of hydrogen-bond donors (Lipinski definition) is 2. The maximum Gasteiger partial charge on any atom is 0.150 e. The first-order chi connectivity index (χ1) is 9.08. The summed E-state index contributed by atoms with van der Waals surface area (Å²) in [6.45, 7) is 5.64. The van der Waals surface area contributed by atoms with Crippen LogP contribution in [0.15, 0.2) is 12.4 Å². The summed E-state index contributed by atoms with van der Waals surface area (Å²) in [7, 11) is 0. The second-order valence-corrected chi connectivity index (χ2v) is 4.73. The second kappa shape index (κ2) is 5.88. The molecule has 0 saturated heterocycles. The molecule has 0 aromatic carbocycles. The molecule has 7 heteroatoms. The lowest BCUT2D eigenvalue weighted by Crippen LogP contribution is -2.10. The molecule has 2 heterocycles. The summed E-state index contributed by atoms with van der Waals surface area (Å²) >= 11 is 5.99. The molecule has 0 spiro atoms. The maximum atomic E-state index is 5.99. The smallest absolute Gasteiger partial charge is 0.150 e. The van der Waals surface area contributed by atoms with Crippen LogP contribution in [0.25, 0.3) is 0 Å². The summed E-state index contributed by atoms with van der Waals surface area (Å²) in [5.41, 5.74) is 7.81. The summed E-state index contributed by atoms with van der Waals surface area (Å²) in [5.74, 6) is 0.861. The molecule has 2 aromatic rings. The summed E-state index contributed by atoms with van der Waals surface area (Å²) in [4.78, 5) is 7.86. The van der Waals surface area contributed by atoms with Gasteiger partial charge in [-0.15, -0.1) is 0 Å². The molecule has 0 radical (unpaired) electrons. The van der Waals surface area contributed by atoms with Gasteiger partial charge in [-0.2, -0.15) is 5.10 Å². The Labute approximate surface area is 117 Å². The molecule has 0 aliphatic rings. The zero-order valence-corrected chi connectivity index (χ0v) is 11.8. The third kappa shape index (κ3) is 3.35. The molecule has 19 heavy (non-hydrogen) atoms. The fourth-order valence-corrected chi connectivity index (χ4v) is 2.01. The molecular formula is C12H17ClN6. The van der Waals surface area contributed by atoms with Crippen LogP contribution in [0.1, 0.15) is 17.8 Å². The van der Waals surface area contributed by atoms with Gasteiger partial charge in [0, 0.05) is 18.8 Å². The standard InChI is InChI=1S/C12H17ClN6/c1-8-6-9(2)19(18-8)5-3-4-15-12-10(13)11(14)16-7-17-12/h6-7H,3-5H2,1-2H3,(H3,14,15,16,17). The summed E-state index contributed by atoms with van der Waals surface area (Å²) in [5, 5.41) is 7.92. The van der Waals surface area contributed by atoms with E-state index in [9.17, 15) is 0 Å². The largest absolute Gasteiger partial charge is 0.382 e. The number of nitrogens with zero attached hydrogens (tertiary/aromatic N) is 4. The van der Waals surface area contributed by atoms with Gasteiger partial charge in [-0.25, -0.2) is 9.97 Å². The minimum Gasteiger partial charge on any atom is -0.382 e. The van der Waals surface area contributed by atoms with Gasteiger partial charge in [0.1, 0.15) is 23.0 Å². The molecule has 0 aliphatic carbocycles. The fourth-order valence-electron chi connectivity index (χ4n) is 1.84. The van der Waals surface area contributed by atoms with Crippen molar-refractivity contribution in [2.45, 2.75) is 26.8 Å². The number of aromatic nitrogens is 4. The lowest BCUT2D eigenvalue weighted by atomic mass is 10.4. The molecule has 3 N–H and O–H groups in total. The fraction of sp³-hybridized carbons (Fsp3) is 0.417. The second-order valence-electron chi connectivity index (χ2n) is 4.35. The van der Waals surface area contributed by atoms with Gasteiger partial charge in [-0.3, -0.25) is 4.68 Å². The number of nitrogens with one attached hydrogen (secondary N) is 1. The number of nitrogens with two attached hydrogens (primary N) is 1. The number of nitrogen functional groups attached to an aromatic ring is 1. The average molecular weight is 281 g/mol. The van der Waals surface area contributed by atoms with E-state index in [0.717, 1.165) is 25.2 Å². The van der Waals surface area contributed by atoms with Gasteiger partial charge in [-0.1, -0.05) is 11.6 Å². The highest BCUT2D eigenvalue weighted by molar-refractivity contribution is 6.35. The summed E-state index contributed by atoms with van der Waals surface area (Å²) in [6, 6.07) is 2.06. The molecule has 0 atom stereocenters. The highest BCUT2D eigenvalue weighted by Crippen LogP contribution is 2.22. The van der Waals surface area contributed by atoms with E-state index in [0.29, 0.717) is 10.8 Å². The van der Waals surface area contributed by atoms with Gasteiger partial charge in [0.2, 0.25) is 0 Å². The summed E-state index contributed by atoms with van der Waals surface area (Å²) in [6.07, 6.45) is 2.31. The van der Waals surface area contributed by atoms with E-state index in [4.69, 9.17) is 17.3 Å². The molecule has 0 aliphatic heterocycles. The van der Waals surface area contributed by atoms with E-state index in [-0.39, 0.29) is 5.82 Å². The van der Waals surface area contributed by atoms with Crippen molar-refractivity contribution in [1.82, 2.24) is 19.7 Å². The number of rotatable bonds is 5. The van der Waals surface area contributed by atoms with Gasteiger partial charge in [0.05, 0.1) is 5.69 Å². The van der Waals surface area contributed by atoms with Crippen LogP contribution in [-0.4, -0.2) is 26.3 Å². The van der Waals surface area contributed by atoms with Crippen molar-refractivity contribution >= 4 is 23.2 Å². The molecule has 0 saturated carbocycles. The van der Waals surface area contributed by atoms with Crippen molar-refractivity contribution < 1.29 is 0 Å². The van der Waals surface area contributed by atoms with Gasteiger partial charge in [0.25, 0.3) is 0 Å². The minimum absolute atomic E-state index is 0.290. The monoisotopic (exact) mass is 280 g/mol. The van der Waals surface area contributed by atoms with Gasteiger partial charge >= 0.3 is 0 Å². The van der Waals surface area contributed by atoms with Crippen LogP contribution in [0, 0.1) is 13.8 Å². The van der Waals surface area contributed by atoms with Crippen molar-refractivity contribution in [3.63, 3.8) is 0 Å². The first kappa shape index (κ1) is 13.6. The molecular weight excluding hydrogens is 264 g/mol. The molecule has 2 aromatic heterocycles.